The van der Waals surface area contributed by atoms with Crippen LogP contribution in [-0.4, -0.2) is 28.6 Å². The molecule has 20 heavy (non-hydrogen) atoms. The van der Waals surface area contributed by atoms with Crippen molar-refractivity contribution in [1.82, 2.24) is 0 Å². The van der Waals surface area contributed by atoms with Gasteiger partial charge in [-0.2, -0.15) is 0 Å². The van der Waals surface area contributed by atoms with Gasteiger partial charge in [-0.1, -0.05) is 0 Å². The summed E-state index contributed by atoms with van der Waals surface area (Å²) in [5.74, 6) is -6.36. The number of halogens is 4. The van der Waals surface area contributed by atoms with Crippen LogP contribution in [0.4, 0.5) is 17.6 Å². The maximum Gasteiger partial charge on any atom is 0.543 e. The van der Waals surface area contributed by atoms with Gasteiger partial charge in [-0.05, 0) is 20.8 Å². The smallest absolute Gasteiger partial charge is 0.370 e. The largest absolute Gasteiger partial charge is 0.543 e. The quantitative estimate of drug-likeness (QED) is 0.335. The third kappa shape index (κ3) is 3.19. The van der Waals surface area contributed by atoms with Gasteiger partial charge in [0.1, 0.15) is 5.82 Å². The number of hydrogen-bond donors (Lipinski definition) is 0. The fourth-order valence-corrected chi connectivity index (χ4v) is 4.32. The van der Waals surface area contributed by atoms with Gasteiger partial charge >= 0.3 is 8.80 Å². The molecule has 0 aliphatic carbocycles. The molecule has 0 atom stereocenters. The van der Waals surface area contributed by atoms with Crippen LogP contribution in [0, 0.1) is 23.3 Å². The Bertz CT molecular complexity index is 453. The maximum atomic E-state index is 13.9. The first kappa shape index (κ1) is 17.1. The molecule has 0 aliphatic rings. The lowest BCUT2D eigenvalue weighted by atomic mass is 10.3. The maximum absolute atomic E-state index is 13.9. The summed E-state index contributed by atoms with van der Waals surface area (Å²) >= 11 is 0. The van der Waals surface area contributed by atoms with Gasteiger partial charge in [0.15, 0.2) is 17.5 Å². The molecule has 0 radical (unpaired) electrons. The minimum atomic E-state index is -3.97. The molecule has 0 unspecified atom stereocenters. The summed E-state index contributed by atoms with van der Waals surface area (Å²) in [7, 11) is -3.97. The fourth-order valence-electron chi connectivity index (χ4n) is 1.76. The first-order valence-corrected chi connectivity index (χ1v) is 7.91. The molecule has 8 heteroatoms. The van der Waals surface area contributed by atoms with Gasteiger partial charge in [-0.25, -0.2) is 17.6 Å². The molecular weight excluding hydrogens is 296 g/mol. The first-order chi connectivity index (χ1) is 9.43. The molecule has 0 bridgehead atoms. The van der Waals surface area contributed by atoms with Gasteiger partial charge in [-0.15, -0.1) is 0 Å². The van der Waals surface area contributed by atoms with Crippen LogP contribution in [0.5, 0.6) is 0 Å². The predicted octanol–water partition coefficient (Wildman–Crippen LogP) is 2.50. The Morgan fingerprint density at radius 1 is 0.800 bits per heavy atom. The van der Waals surface area contributed by atoms with E-state index in [4.69, 9.17) is 13.3 Å². The van der Waals surface area contributed by atoms with Gasteiger partial charge in [0, 0.05) is 25.9 Å². The topological polar surface area (TPSA) is 27.7 Å². The van der Waals surface area contributed by atoms with E-state index in [2.05, 4.69) is 0 Å². The van der Waals surface area contributed by atoms with Crippen molar-refractivity contribution in [3.63, 3.8) is 0 Å². The van der Waals surface area contributed by atoms with Crippen molar-refractivity contribution >= 4 is 14.0 Å². The van der Waals surface area contributed by atoms with Gasteiger partial charge < -0.3 is 13.3 Å². The summed E-state index contributed by atoms with van der Waals surface area (Å²) in [6.07, 6.45) is 0. The van der Waals surface area contributed by atoms with Crippen molar-refractivity contribution in [2.24, 2.45) is 0 Å². The normalized spacial score (nSPS) is 11.9. The molecule has 0 aromatic heterocycles. The Balaban J connectivity index is 3.50. The van der Waals surface area contributed by atoms with Crippen molar-refractivity contribution in [3.8, 4) is 0 Å². The summed E-state index contributed by atoms with van der Waals surface area (Å²) in [4.78, 5) is 0. The molecule has 0 heterocycles. The fraction of sp³-hybridized carbons (Fsp3) is 0.500. The molecule has 0 amide bonds. The van der Waals surface area contributed by atoms with Gasteiger partial charge in [0.2, 0.25) is 0 Å². The van der Waals surface area contributed by atoms with Crippen LogP contribution in [0.1, 0.15) is 20.8 Å². The molecule has 0 N–H and O–H groups in total. The third-order valence-electron chi connectivity index (χ3n) is 2.42. The van der Waals surface area contributed by atoms with E-state index in [1.165, 1.54) is 0 Å². The molecule has 0 fully saturated rings. The zero-order chi connectivity index (χ0) is 15.3. The molecule has 1 aromatic carbocycles. The summed E-state index contributed by atoms with van der Waals surface area (Å²) < 4.78 is 70.0. The standard InChI is InChI=1S/C12H16F4O3Si/c1-4-17-20(18-5-2,19-6-3)12-9(14)7-8(13)10(15)11(12)16/h7H,4-6H2,1-3H3. The average Bonchev–Trinajstić information content (AvgIpc) is 2.37. The minimum Gasteiger partial charge on any atom is -0.370 e. The SMILES string of the molecule is CCO[Si](OCC)(OCC)c1c(F)cc(F)c(F)c1F. The van der Waals surface area contributed by atoms with E-state index in [1.807, 2.05) is 0 Å². The first-order valence-electron chi connectivity index (χ1n) is 6.18. The summed E-state index contributed by atoms with van der Waals surface area (Å²) in [5, 5.41) is -0.804. The molecule has 0 saturated heterocycles. The monoisotopic (exact) mass is 312 g/mol. The predicted molar refractivity (Wildman–Crippen MR) is 66.5 cm³/mol. The number of rotatable bonds is 7. The van der Waals surface area contributed by atoms with Gasteiger partial charge in [-0.3, -0.25) is 0 Å². The summed E-state index contributed by atoms with van der Waals surface area (Å²) in [6.45, 7) is 4.87. The second kappa shape index (κ2) is 7.16. The Labute approximate surface area is 115 Å². The van der Waals surface area contributed by atoms with Crippen LogP contribution in [0.25, 0.3) is 0 Å². The molecule has 114 valence electrons. The van der Waals surface area contributed by atoms with Crippen LogP contribution in [0.2, 0.25) is 0 Å². The van der Waals surface area contributed by atoms with E-state index in [-0.39, 0.29) is 25.9 Å². The van der Waals surface area contributed by atoms with E-state index >= 15 is 0 Å². The average molecular weight is 312 g/mol. The Kier molecular flexibility index (Phi) is 6.12. The van der Waals surface area contributed by atoms with E-state index in [1.54, 1.807) is 20.8 Å². The molecular formula is C12H16F4O3Si. The molecule has 1 aromatic rings. The lowest BCUT2D eigenvalue weighted by Crippen LogP contribution is -2.59. The minimum absolute atomic E-state index is 0.0457. The molecule has 3 nitrogen and oxygen atoms in total. The highest BCUT2D eigenvalue weighted by Crippen LogP contribution is 2.19. The molecule has 0 aliphatic heterocycles. The summed E-state index contributed by atoms with van der Waals surface area (Å²) in [5.41, 5.74) is 0. The van der Waals surface area contributed by atoms with Crippen molar-refractivity contribution in [1.29, 1.82) is 0 Å². The van der Waals surface area contributed by atoms with Crippen molar-refractivity contribution in [2.45, 2.75) is 20.8 Å². The highest BCUT2D eigenvalue weighted by Gasteiger charge is 2.49. The van der Waals surface area contributed by atoms with E-state index in [0.717, 1.165) is 0 Å². The lowest BCUT2D eigenvalue weighted by Gasteiger charge is -2.29. The molecule has 1 rings (SSSR count). The zero-order valence-electron chi connectivity index (χ0n) is 11.4. The van der Waals surface area contributed by atoms with Crippen LogP contribution in [0.3, 0.4) is 0 Å². The number of hydrogen-bond acceptors (Lipinski definition) is 3. The van der Waals surface area contributed by atoms with Crippen molar-refractivity contribution < 1.29 is 30.8 Å². The van der Waals surface area contributed by atoms with Crippen LogP contribution < -0.4 is 5.19 Å². The Morgan fingerprint density at radius 3 is 1.65 bits per heavy atom. The molecule has 0 saturated carbocycles. The second-order valence-electron chi connectivity index (χ2n) is 3.70. The summed E-state index contributed by atoms with van der Waals surface area (Å²) in [6, 6.07) is 0.257. The number of benzene rings is 1. The van der Waals surface area contributed by atoms with Gasteiger partial charge in [0.05, 0.1) is 5.19 Å². The highest BCUT2D eigenvalue weighted by atomic mass is 28.4. The third-order valence-corrected chi connectivity index (χ3v) is 5.50. The van der Waals surface area contributed by atoms with Crippen LogP contribution >= 0.6 is 0 Å². The lowest BCUT2D eigenvalue weighted by molar-refractivity contribution is 0.0841. The zero-order valence-corrected chi connectivity index (χ0v) is 12.4. The Hall–Kier alpha value is -0.963. The van der Waals surface area contributed by atoms with Crippen molar-refractivity contribution in [3.05, 3.63) is 29.3 Å². The van der Waals surface area contributed by atoms with Crippen LogP contribution in [-0.2, 0) is 13.3 Å². The second-order valence-corrected chi connectivity index (χ2v) is 6.18. The molecule has 0 spiro atoms. The van der Waals surface area contributed by atoms with E-state index in [9.17, 15) is 17.6 Å². The van der Waals surface area contributed by atoms with E-state index in [0.29, 0.717) is 0 Å². The van der Waals surface area contributed by atoms with E-state index < -0.39 is 37.3 Å². The van der Waals surface area contributed by atoms with Gasteiger partial charge in [0.25, 0.3) is 0 Å². The Morgan fingerprint density at radius 2 is 1.25 bits per heavy atom. The van der Waals surface area contributed by atoms with Crippen LogP contribution in [0.15, 0.2) is 6.07 Å². The van der Waals surface area contributed by atoms with Crippen molar-refractivity contribution in [2.75, 3.05) is 19.8 Å². The highest BCUT2D eigenvalue weighted by molar-refractivity contribution is 6.75.